The summed E-state index contributed by atoms with van der Waals surface area (Å²) in [5.41, 5.74) is 0.708. The van der Waals surface area contributed by atoms with Gasteiger partial charge in [0.2, 0.25) is 5.91 Å². The number of benzene rings is 1. The maximum atomic E-state index is 11.9. The fourth-order valence-electron chi connectivity index (χ4n) is 3.03. The van der Waals surface area contributed by atoms with Crippen molar-refractivity contribution in [3.8, 4) is 5.75 Å². The Labute approximate surface area is 136 Å². The molecule has 1 aromatic rings. The van der Waals surface area contributed by atoms with Crippen molar-refractivity contribution >= 4 is 17.5 Å². The third-order valence-electron chi connectivity index (χ3n) is 4.33. The van der Waals surface area contributed by atoms with E-state index in [1.165, 1.54) is 18.6 Å². The summed E-state index contributed by atoms with van der Waals surface area (Å²) < 4.78 is 0. The average molecular weight is 326 g/mol. The molecule has 0 bridgehead atoms. The summed E-state index contributed by atoms with van der Waals surface area (Å²) in [6.45, 7) is 0.623. The Morgan fingerprint density at radius 3 is 2.82 bits per heavy atom. The van der Waals surface area contributed by atoms with E-state index in [-0.39, 0.29) is 24.2 Å². The smallest absolute Gasteiger partial charge is 0.224 e. The molecule has 1 aromatic carbocycles. The van der Waals surface area contributed by atoms with Crippen molar-refractivity contribution in [3.05, 3.63) is 28.8 Å². The van der Waals surface area contributed by atoms with Crippen LogP contribution in [0.15, 0.2) is 18.2 Å². The molecule has 0 heterocycles. The van der Waals surface area contributed by atoms with E-state index < -0.39 is 0 Å². The number of amides is 1. The molecule has 0 spiro atoms. The van der Waals surface area contributed by atoms with E-state index in [0.717, 1.165) is 32.1 Å². The number of aliphatic hydroxyl groups excluding tert-OH is 1. The number of aromatic hydroxyl groups is 1. The Morgan fingerprint density at radius 1 is 1.32 bits per heavy atom. The van der Waals surface area contributed by atoms with Crippen molar-refractivity contribution in [3.63, 3.8) is 0 Å². The highest BCUT2D eigenvalue weighted by molar-refractivity contribution is 6.31. The van der Waals surface area contributed by atoms with E-state index >= 15 is 0 Å². The van der Waals surface area contributed by atoms with Crippen LogP contribution >= 0.6 is 11.6 Å². The van der Waals surface area contributed by atoms with Crippen LogP contribution in [0.3, 0.4) is 0 Å². The van der Waals surface area contributed by atoms with Crippen molar-refractivity contribution in [1.29, 1.82) is 0 Å². The molecule has 0 aromatic heterocycles. The first-order valence-electron chi connectivity index (χ1n) is 7.98. The molecule has 5 heteroatoms. The van der Waals surface area contributed by atoms with Crippen LogP contribution in [0.4, 0.5) is 0 Å². The summed E-state index contributed by atoms with van der Waals surface area (Å²) in [5.74, 6) is 0.411. The van der Waals surface area contributed by atoms with Crippen molar-refractivity contribution in [1.82, 2.24) is 5.32 Å². The second kappa shape index (κ2) is 8.39. The Kier molecular flexibility index (Phi) is 6.52. The first kappa shape index (κ1) is 17.1. The van der Waals surface area contributed by atoms with Crippen molar-refractivity contribution in [2.75, 3.05) is 6.54 Å². The normalized spacial score (nSPS) is 21.5. The second-order valence-corrected chi connectivity index (χ2v) is 6.46. The molecule has 1 fully saturated rings. The summed E-state index contributed by atoms with van der Waals surface area (Å²) in [4.78, 5) is 11.9. The molecule has 22 heavy (non-hydrogen) atoms. The van der Waals surface area contributed by atoms with E-state index in [0.29, 0.717) is 23.0 Å². The number of carbonyl (C=O) groups is 1. The molecule has 1 saturated carbocycles. The van der Waals surface area contributed by atoms with Gasteiger partial charge in [-0.25, -0.2) is 0 Å². The predicted molar refractivity (Wildman–Crippen MR) is 87.0 cm³/mol. The van der Waals surface area contributed by atoms with Gasteiger partial charge in [-0.05, 0) is 49.3 Å². The zero-order valence-corrected chi connectivity index (χ0v) is 13.5. The number of hydrogen-bond donors (Lipinski definition) is 3. The average Bonchev–Trinajstić information content (AvgIpc) is 2.48. The largest absolute Gasteiger partial charge is 0.508 e. The van der Waals surface area contributed by atoms with Gasteiger partial charge in [0.05, 0.1) is 12.5 Å². The van der Waals surface area contributed by atoms with Gasteiger partial charge in [0, 0.05) is 11.6 Å². The summed E-state index contributed by atoms with van der Waals surface area (Å²) in [6.07, 6.45) is 6.23. The van der Waals surface area contributed by atoms with Crippen LogP contribution in [-0.2, 0) is 11.2 Å². The van der Waals surface area contributed by atoms with Gasteiger partial charge in [-0.3, -0.25) is 4.79 Å². The standard InChI is InChI=1S/C17H24ClNO3/c18-15-11-14(20)8-7-13(15)10-17(22)19-9-3-5-12-4-1-2-6-16(12)21/h7-8,11-12,16,20-21H,1-6,9-10H2,(H,19,22). The van der Waals surface area contributed by atoms with E-state index in [1.54, 1.807) is 6.07 Å². The van der Waals surface area contributed by atoms with Crippen molar-refractivity contribution in [2.24, 2.45) is 5.92 Å². The van der Waals surface area contributed by atoms with Crippen LogP contribution in [0.25, 0.3) is 0 Å². The fourth-order valence-corrected chi connectivity index (χ4v) is 3.27. The first-order valence-corrected chi connectivity index (χ1v) is 8.36. The number of halogens is 1. The zero-order valence-electron chi connectivity index (χ0n) is 12.7. The molecule has 1 aliphatic carbocycles. The number of rotatable bonds is 6. The summed E-state index contributed by atoms with van der Waals surface area (Å²) in [5, 5.41) is 22.5. The molecule has 1 amide bonds. The topological polar surface area (TPSA) is 69.6 Å². The molecular formula is C17H24ClNO3. The Morgan fingerprint density at radius 2 is 2.09 bits per heavy atom. The second-order valence-electron chi connectivity index (χ2n) is 6.06. The molecular weight excluding hydrogens is 302 g/mol. The molecule has 0 radical (unpaired) electrons. The molecule has 4 nitrogen and oxygen atoms in total. The lowest BCUT2D eigenvalue weighted by molar-refractivity contribution is -0.120. The zero-order chi connectivity index (χ0) is 15.9. The fraction of sp³-hybridized carbons (Fsp3) is 0.588. The number of aliphatic hydroxyl groups is 1. The lowest BCUT2D eigenvalue weighted by atomic mass is 9.83. The van der Waals surface area contributed by atoms with Crippen molar-refractivity contribution in [2.45, 2.75) is 51.0 Å². The monoisotopic (exact) mass is 325 g/mol. The molecule has 0 saturated heterocycles. The molecule has 122 valence electrons. The van der Waals surface area contributed by atoms with Gasteiger partial charge >= 0.3 is 0 Å². The summed E-state index contributed by atoms with van der Waals surface area (Å²) >= 11 is 5.98. The maximum absolute atomic E-state index is 11.9. The molecule has 2 rings (SSSR count). The van der Waals surface area contributed by atoms with Gasteiger partial charge in [0.25, 0.3) is 0 Å². The van der Waals surface area contributed by atoms with Gasteiger partial charge in [-0.15, -0.1) is 0 Å². The lowest BCUT2D eigenvalue weighted by Crippen LogP contribution is -2.28. The van der Waals surface area contributed by atoms with E-state index in [9.17, 15) is 15.0 Å². The van der Waals surface area contributed by atoms with Gasteiger partial charge in [0.1, 0.15) is 5.75 Å². The van der Waals surface area contributed by atoms with Crippen LogP contribution in [0.1, 0.15) is 44.1 Å². The van der Waals surface area contributed by atoms with E-state index in [1.807, 2.05) is 0 Å². The molecule has 2 atom stereocenters. The van der Waals surface area contributed by atoms with Gasteiger partial charge in [-0.2, -0.15) is 0 Å². The number of phenols is 1. The summed E-state index contributed by atoms with van der Waals surface area (Å²) in [6, 6.07) is 4.63. The van der Waals surface area contributed by atoms with Crippen molar-refractivity contribution < 1.29 is 15.0 Å². The van der Waals surface area contributed by atoms with Gasteiger partial charge < -0.3 is 15.5 Å². The van der Waals surface area contributed by atoms with Crippen LogP contribution in [-0.4, -0.2) is 28.8 Å². The molecule has 1 aliphatic rings. The Balaban J connectivity index is 1.67. The van der Waals surface area contributed by atoms with Crippen LogP contribution in [0.5, 0.6) is 5.75 Å². The maximum Gasteiger partial charge on any atom is 0.224 e. The summed E-state index contributed by atoms with van der Waals surface area (Å²) in [7, 11) is 0. The van der Waals surface area contributed by atoms with Gasteiger partial charge in [0.15, 0.2) is 0 Å². The highest BCUT2D eigenvalue weighted by Crippen LogP contribution is 2.27. The van der Waals surface area contributed by atoms with E-state index in [4.69, 9.17) is 11.6 Å². The number of nitrogens with one attached hydrogen (secondary N) is 1. The van der Waals surface area contributed by atoms with E-state index in [2.05, 4.69) is 5.32 Å². The molecule has 3 N–H and O–H groups in total. The SMILES string of the molecule is O=C(Cc1ccc(O)cc1Cl)NCCCC1CCCCC1O. The van der Waals surface area contributed by atoms with Gasteiger partial charge in [-0.1, -0.05) is 30.5 Å². The molecule has 0 aliphatic heterocycles. The van der Waals surface area contributed by atoms with Crippen LogP contribution in [0.2, 0.25) is 5.02 Å². The Hall–Kier alpha value is -1.26. The van der Waals surface area contributed by atoms with Crippen LogP contribution in [0, 0.1) is 5.92 Å². The number of carbonyl (C=O) groups excluding carboxylic acids is 1. The third kappa shape index (κ3) is 5.18. The number of phenolic OH excluding ortho intramolecular Hbond substituents is 1. The Bertz CT molecular complexity index is 507. The third-order valence-corrected chi connectivity index (χ3v) is 4.68. The highest BCUT2D eigenvalue weighted by atomic mass is 35.5. The lowest BCUT2D eigenvalue weighted by Gasteiger charge is -2.27. The number of hydrogen-bond acceptors (Lipinski definition) is 3. The minimum Gasteiger partial charge on any atom is -0.508 e. The molecule has 2 unspecified atom stereocenters. The first-order chi connectivity index (χ1) is 10.6. The highest BCUT2D eigenvalue weighted by Gasteiger charge is 2.22. The minimum atomic E-state index is -0.166. The minimum absolute atomic E-state index is 0.0724. The quantitative estimate of drug-likeness (QED) is 0.704. The predicted octanol–water partition coefficient (Wildman–Crippen LogP) is 3.04. The van der Waals surface area contributed by atoms with Crippen LogP contribution < -0.4 is 5.32 Å².